The van der Waals surface area contributed by atoms with E-state index in [9.17, 15) is 9.59 Å². The number of urea groups is 2. The molecule has 0 unspecified atom stereocenters. The Morgan fingerprint density at radius 2 is 1.72 bits per heavy atom. The summed E-state index contributed by atoms with van der Waals surface area (Å²) in [5.41, 5.74) is 3.15. The van der Waals surface area contributed by atoms with Gasteiger partial charge in [-0.2, -0.15) is 5.10 Å². The molecule has 3 N–H and O–H groups in total. The lowest BCUT2D eigenvalue weighted by Crippen LogP contribution is -2.32. The Bertz CT molecular complexity index is 1600. The number of likely N-dealkylation sites (tertiary alicyclic amines) is 1. The summed E-state index contributed by atoms with van der Waals surface area (Å²) in [6.45, 7) is 5.59. The number of rotatable bonds is 9. The SMILES string of the molecule is CCCCc1cc(NC(=O)Nc2ccc(Oc3ccnc(NC(=O)N4CCCC4)c3)c(Cl)c2Cl)n(-c2ccc(C)cc2)n1. The Morgan fingerprint density at radius 3 is 2.47 bits per heavy atom. The van der Waals surface area contributed by atoms with Gasteiger partial charge in [-0.1, -0.05) is 54.2 Å². The number of aromatic nitrogens is 3. The number of hydrogen-bond donors (Lipinski definition) is 3. The maximum atomic E-state index is 13.1. The van der Waals surface area contributed by atoms with Crippen LogP contribution in [0, 0.1) is 6.92 Å². The number of ether oxygens (including phenoxy) is 1. The van der Waals surface area contributed by atoms with Gasteiger partial charge in [-0.3, -0.25) is 10.6 Å². The van der Waals surface area contributed by atoms with Gasteiger partial charge >= 0.3 is 12.1 Å². The van der Waals surface area contributed by atoms with Crippen LogP contribution in [0.3, 0.4) is 0 Å². The second kappa shape index (κ2) is 13.8. The molecular weight excluding hydrogens is 589 g/mol. The van der Waals surface area contributed by atoms with Crippen molar-refractivity contribution in [3.8, 4) is 17.2 Å². The van der Waals surface area contributed by atoms with Crippen molar-refractivity contribution in [3.63, 3.8) is 0 Å². The predicted octanol–water partition coefficient (Wildman–Crippen LogP) is 8.29. The summed E-state index contributed by atoms with van der Waals surface area (Å²) >= 11 is 13.1. The Morgan fingerprint density at radius 1 is 0.953 bits per heavy atom. The van der Waals surface area contributed by atoms with Crippen LogP contribution in [0.15, 0.2) is 60.8 Å². The molecule has 4 amide bonds. The molecule has 0 radical (unpaired) electrons. The molecule has 2 aromatic heterocycles. The highest BCUT2D eigenvalue weighted by molar-refractivity contribution is 6.45. The number of unbranched alkanes of at least 4 members (excludes halogenated alkanes) is 1. The van der Waals surface area contributed by atoms with Gasteiger partial charge in [0, 0.05) is 31.4 Å². The van der Waals surface area contributed by atoms with E-state index in [0.29, 0.717) is 23.1 Å². The van der Waals surface area contributed by atoms with Crippen LogP contribution in [0.2, 0.25) is 10.0 Å². The van der Waals surface area contributed by atoms with Crippen molar-refractivity contribution in [2.24, 2.45) is 0 Å². The third-order valence-electron chi connectivity index (χ3n) is 6.95. The fourth-order valence-electron chi connectivity index (χ4n) is 4.64. The molecule has 12 heteroatoms. The van der Waals surface area contributed by atoms with Gasteiger partial charge in [0.25, 0.3) is 0 Å². The number of nitrogens with zero attached hydrogens (tertiary/aromatic N) is 4. The van der Waals surface area contributed by atoms with Gasteiger partial charge in [0.15, 0.2) is 0 Å². The number of benzene rings is 2. The van der Waals surface area contributed by atoms with Crippen molar-refractivity contribution in [1.29, 1.82) is 0 Å². The number of carbonyl (C=O) groups excluding carboxylic acids is 2. The molecule has 0 spiro atoms. The van der Waals surface area contributed by atoms with Gasteiger partial charge in [-0.15, -0.1) is 0 Å². The van der Waals surface area contributed by atoms with Gasteiger partial charge in [-0.05, 0) is 62.9 Å². The van der Waals surface area contributed by atoms with Crippen molar-refractivity contribution in [2.75, 3.05) is 29.0 Å². The molecule has 2 aromatic carbocycles. The second-order valence-electron chi connectivity index (χ2n) is 10.3. The lowest BCUT2D eigenvalue weighted by molar-refractivity contribution is 0.222. The Labute approximate surface area is 260 Å². The molecule has 0 aliphatic carbocycles. The number of nitrogens with one attached hydrogen (secondary N) is 3. The summed E-state index contributed by atoms with van der Waals surface area (Å²) in [6, 6.07) is 15.5. The minimum atomic E-state index is -0.505. The normalized spacial score (nSPS) is 12.7. The van der Waals surface area contributed by atoms with Crippen LogP contribution < -0.4 is 20.7 Å². The average molecular weight is 623 g/mol. The van der Waals surface area contributed by atoms with E-state index in [1.807, 2.05) is 37.3 Å². The minimum absolute atomic E-state index is 0.113. The average Bonchev–Trinajstić information content (AvgIpc) is 3.67. The first-order chi connectivity index (χ1) is 20.8. The maximum absolute atomic E-state index is 13.1. The lowest BCUT2D eigenvalue weighted by Gasteiger charge is -2.16. The van der Waals surface area contributed by atoms with Crippen molar-refractivity contribution >= 4 is 52.6 Å². The number of aryl methyl sites for hydroxylation is 2. The monoisotopic (exact) mass is 621 g/mol. The van der Waals surface area contributed by atoms with Gasteiger partial charge in [0.05, 0.1) is 22.1 Å². The van der Waals surface area contributed by atoms with E-state index in [1.165, 1.54) is 6.20 Å². The van der Waals surface area contributed by atoms with Crippen molar-refractivity contribution < 1.29 is 14.3 Å². The summed E-state index contributed by atoms with van der Waals surface area (Å²) in [6.07, 6.45) is 6.35. The molecule has 224 valence electrons. The molecule has 0 atom stereocenters. The van der Waals surface area contributed by atoms with E-state index in [2.05, 4.69) is 27.9 Å². The Hall–Kier alpha value is -4.28. The van der Waals surface area contributed by atoms with Crippen LogP contribution in [0.5, 0.6) is 11.5 Å². The summed E-state index contributed by atoms with van der Waals surface area (Å²) < 4.78 is 7.65. The summed E-state index contributed by atoms with van der Waals surface area (Å²) in [5, 5.41) is 13.4. The molecular formula is C31H33Cl2N7O3. The zero-order chi connectivity index (χ0) is 30.3. The molecule has 0 saturated carbocycles. The standard InChI is InChI=1S/C31H33Cl2N7O3/c1-3-4-7-21-18-27(40(38-21)22-10-8-20(2)9-11-22)37-30(41)35-24-12-13-25(29(33)28(24)32)43-23-14-15-34-26(19-23)36-31(42)39-16-5-6-17-39/h8-15,18-19H,3-7,16-17H2,1-2H3,(H,34,36,42)(H2,35,37,41). The van der Waals surface area contributed by atoms with Gasteiger partial charge in [0.1, 0.15) is 28.2 Å². The molecule has 3 heterocycles. The zero-order valence-electron chi connectivity index (χ0n) is 24.0. The Kier molecular flexibility index (Phi) is 9.68. The third-order valence-corrected chi connectivity index (χ3v) is 7.81. The van der Waals surface area contributed by atoms with Crippen LogP contribution in [0.1, 0.15) is 43.9 Å². The number of carbonyl (C=O) groups is 2. The van der Waals surface area contributed by atoms with E-state index >= 15 is 0 Å². The highest BCUT2D eigenvalue weighted by Crippen LogP contribution is 2.39. The lowest BCUT2D eigenvalue weighted by atomic mass is 10.2. The summed E-state index contributed by atoms with van der Waals surface area (Å²) in [7, 11) is 0. The van der Waals surface area contributed by atoms with E-state index in [0.717, 1.165) is 62.1 Å². The maximum Gasteiger partial charge on any atom is 0.324 e. The quantitative estimate of drug-likeness (QED) is 0.174. The van der Waals surface area contributed by atoms with Crippen LogP contribution in [0.25, 0.3) is 5.69 Å². The fourth-order valence-corrected chi connectivity index (χ4v) is 5.04. The predicted molar refractivity (Wildman–Crippen MR) is 170 cm³/mol. The van der Waals surface area contributed by atoms with Gasteiger partial charge in [-0.25, -0.2) is 19.3 Å². The van der Waals surface area contributed by atoms with Crippen molar-refractivity contribution in [2.45, 2.75) is 46.0 Å². The van der Waals surface area contributed by atoms with E-state index in [1.54, 1.807) is 33.8 Å². The first-order valence-corrected chi connectivity index (χ1v) is 15.0. The van der Waals surface area contributed by atoms with E-state index in [4.69, 9.17) is 33.0 Å². The number of hydrogen-bond acceptors (Lipinski definition) is 5. The molecule has 1 aliphatic heterocycles. The summed E-state index contributed by atoms with van der Waals surface area (Å²) in [4.78, 5) is 31.4. The second-order valence-corrected chi connectivity index (χ2v) is 11.0. The number of halogens is 2. The van der Waals surface area contributed by atoms with Crippen molar-refractivity contribution in [1.82, 2.24) is 19.7 Å². The first kappa shape index (κ1) is 30.2. The van der Waals surface area contributed by atoms with Gasteiger partial charge in [0.2, 0.25) is 0 Å². The number of pyridine rings is 1. The topological polar surface area (TPSA) is 113 Å². The number of amides is 4. The highest BCUT2D eigenvalue weighted by Gasteiger charge is 2.19. The molecule has 1 aliphatic rings. The zero-order valence-corrected chi connectivity index (χ0v) is 25.5. The molecule has 1 saturated heterocycles. The number of anilines is 3. The van der Waals surface area contributed by atoms with Gasteiger partial charge < -0.3 is 15.0 Å². The van der Waals surface area contributed by atoms with E-state index < -0.39 is 6.03 Å². The van der Waals surface area contributed by atoms with Crippen LogP contribution >= 0.6 is 23.2 Å². The van der Waals surface area contributed by atoms with Crippen LogP contribution in [0.4, 0.5) is 26.9 Å². The molecule has 0 bridgehead atoms. The van der Waals surface area contributed by atoms with Crippen LogP contribution in [-0.2, 0) is 6.42 Å². The Balaban J connectivity index is 1.27. The highest BCUT2D eigenvalue weighted by atomic mass is 35.5. The third kappa shape index (κ3) is 7.57. The fraction of sp³-hybridized carbons (Fsp3) is 0.290. The molecule has 10 nitrogen and oxygen atoms in total. The van der Waals surface area contributed by atoms with Crippen molar-refractivity contribution in [3.05, 3.63) is 82.1 Å². The minimum Gasteiger partial charge on any atom is -0.456 e. The molecule has 43 heavy (non-hydrogen) atoms. The molecule has 5 rings (SSSR count). The van der Waals surface area contributed by atoms with Crippen LogP contribution in [-0.4, -0.2) is 44.8 Å². The largest absolute Gasteiger partial charge is 0.456 e. The molecule has 4 aromatic rings. The molecule has 1 fully saturated rings. The smallest absolute Gasteiger partial charge is 0.324 e. The first-order valence-electron chi connectivity index (χ1n) is 14.2. The summed E-state index contributed by atoms with van der Waals surface area (Å²) in [5.74, 6) is 1.57. The van der Waals surface area contributed by atoms with E-state index in [-0.39, 0.29) is 21.8 Å².